The fourth-order valence-electron chi connectivity index (χ4n) is 5.40. The molecule has 0 unspecified atom stereocenters. The molecule has 1 N–H and O–H groups in total. The van der Waals surface area contributed by atoms with E-state index in [1.165, 1.54) is 0 Å². The van der Waals surface area contributed by atoms with E-state index in [9.17, 15) is 14.4 Å². The fourth-order valence-corrected chi connectivity index (χ4v) is 5.77. The molecule has 1 aromatic heterocycles. The van der Waals surface area contributed by atoms with Gasteiger partial charge in [0.2, 0.25) is 0 Å². The normalized spacial score (nSPS) is 18.2. The first-order chi connectivity index (χ1) is 19.3. The average Bonchev–Trinajstić information content (AvgIpc) is 2.95. The van der Waals surface area contributed by atoms with Crippen molar-refractivity contribution in [3.8, 4) is 5.75 Å². The van der Waals surface area contributed by atoms with Gasteiger partial charge in [0.25, 0.3) is 17.4 Å². The molecule has 5 rings (SSSR count). The van der Waals surface area contributed by atoms with Gasteiger partial charge in [0, 0.05) is 42.9 Å². The number of pyridine rings is 1. The number of hydrogen-bond acceptors (Lipinski definition) is 4. The largest absolute Gasteiger partial charge is 0.494 e. The van der Waals surface area contributed by atoms with Gasteiger partial charge in [-0.2, -0.15) is 0 Å². The highest BCUT2D eigenvalue weighted by Gasteiger charge is 2.37. The number of nitrogens with zero attached hydrogens (tertiary/aromatic N) is 2. The maximum Gasteiger partial charge on any atom is 0.270 e. The predicted octanol–water partition coefficient (Wildman–Crippen LogP) is 5.75. The molecule has 1 saturated heterocycles. The van der Waals surface area contributed by atoms with E-state index in [1.807, 2.05) is 10.6 Å². The molecule has 7 nitrogen and oxygen atoms in total. The first-order valence-electron chi connectivity index (χ1n) is 13.5. The third kappa shape index (κ3) is 6.11. The van der Waals surface area contributed by atoms with Gasteiger partial charge in [0.05, 0.1) is 16.7 Å². The third-order valence-electron chi connectivity index (χ3n) is 7.41. The van der Waals surface area contributed by atoms with Crippen LogP contribution in [0.3, 0.4) is 0 Å². The number of halogens is 2. The van der Waals surface area contributed by atoms with Crippen molar-refractivity contribution in [1.82, 2.24) is 14.8 Å². The number of ether oxygens (including phenoxy) is 1. The number of fused-ring (bicyclic) bond motifs is 4. The number of rotatable bonds is 8. The Morgan fingerprint density at radius 2 is 1.80 bits per heavy atom. The average molecular weight is 581 g/mol. The van der Waals surface area contributed by atoms with Gasteiger partial charge in [0.1, 0.15) is 11.4 Å². The summed E-state index contributed by atoms with van der Waals surface area (Å²) in [5, 5.41) is 3.47. The molecule has 3 aromatic rings. The molecular weight excluding hydrogens is 549 g/mol. The van der Waals surface area contributed by atoms with Crippen LogP contribution in [0.1, 0.15) is 53.7 Å². The summed E-state index contributed by atoms with van der Waals surface area (Å²) in [5.74, 6) is 0.124. The second-order valence-corrected chi connectivity index (χ2v) is 11.1. The molecule has 0 spiro atoms. The lowest BCUT2D eigenvalue weighted by Crippen LogP contribution is -2.50. The number of nitrogens with one attached hydrogen (secondary N) is 1. The van der Waals surface area contributed by atoms with Crippen molar-refractivity contribution in [2.45, 2.75) is 38.6 Å². The molecule has 2 atom stereocenters. The van der Waals surface area contributed by atoms with E-state index < -0.39 is 5.91 Å². The van der Waals surface area contributed by atoms with Crippen LogP contribution in [0.25, 0.3) is 6.08 Å². The number of likely N-dealkylation sites (tertiary alicyclic amines) is 1. The number of carbonyl (C=O) groups excluding carboxylic acids is 2. The van der Waals surface area contributed by atoms with Gasteiger partial charge >= 0.3 is 0 Å². The summed E-state index contributed by atoms with van der Waals surface area (Å²) in [6, 6.07) is 17.3. The molecule has 40 heavy (non-hydrogen) atoms. The van der Waals surface area contributed by atoms with E-state index in [0.717, 1.165) is 25.0 Å². The summed E-state index contributed by atoms with van der Waals surface area (Å²) < 4.78 is 7.52. The van der Waals surface area contributed by atoms with E-state index in [-0.39, 0.29) is 29.0 Å². The molecule has 2 aliphatic rings. The number of benzene rings is 2. The zero-order valence-electron chi connectivity index (χ0n) is 22.2. The smallest absolute Gasteiger partial charge is 0.270 e. The molecule has 0 radical (unpaired) electrons. The lowest BCUT2D eigenvalue weighted by molar-refractivity contribution is -0.130. The molecular formula is C31H31Cl2N3O4. The summed E-state index contributed by atoms with van der Waals surface area (Å²) >= 11 is 12.7. The first-order valence-corrected chi connectivity index (χ1v) is 14.3. The van der Waals surface area contributed by atoms with Crippen LogP contribution >= 0.6 is 23.2 Å². The van der Waals surface area contributed by atoms with Crippen molar-refractivity contribution in [1.29, 1.82) is 0 Å². The predicted molar refractivity (Wildman–Crippen MR) is 157 cm³/mol. The lowest BCUT2D eigenvalue weighted by atomic mass is 9.83. The van der Waals surface area contributed by atoms with Gasteiger partial charge in [-0.3, -0.25) is 14.4 Å². The van der Waals surface area contributed by atoms with Crippen molar-refractivity contribution < 1.29 is 14.3 Å². The molecule has 9 heteroatoms. The Bertz CT molecular complexity index is 1500. The Labute approximate surface area is 243 Å². The van der Waals surface area contributed by atoms with Crippen molar-refractivity contribution in [2.75, 3.05) is 19.7 Å². The van der Waals surface area contributed by atoms with Gasteiger partial charge in [0.15, 0.2) is 0 Å². The molecule has 0 aliphatic carbocycles. The second kappa shape index (κ2) is 12.3. The molecule has 208 valence electrons. The first kappa shape index (κ1) is 28.0. The van der Waals surface area contributed by atoms with Crippen molar-refractivity contribution in [3.05, 3.63) is 104 Å². The number of carbonyl (C=O) groups is 2. The number of unbranched alkanes of at least 4 members (excludes halogenated alkanes) is 1. The van der Waals surface area contributed by atoms with Crippen LogP contribution in [0.15, 0.2) is 71.2 Å². The minimum atomic E-state index is -0.424. The van der Waals surface area contributed by atoms with Gasteiger partial charge in [-0.15, -0.1) is 0 Å². The Morgan fingerprint density at radius 3 is 2.58 bits per heavy atom. The van der Waals surface area contributed by atoms with E-state index in [0.29, 0.717) is 53.2 Å². The highest BCUT2D eigenvalue weighted by molar-refractivity contribution is 6.43. The van der Waals surface area contributed by atoms with E-state index in [4.69, 9.17) is 27.9 Å². The van der Waals surface area contributed by atoms with Crippen molar-refractivity contribution in [3.63, 3.8) is 0 Å². The molecule has 3 heterocycles. The Morgan fingerprint density at radius 1 is 1.02 bits per heavy atom. The topological polar surface area (TPSA) is 80.6 Å². The highest BCUT2D eigenvalue weighted by atomic mass is 35.5. The van der Waals surface area contributed by atoms with Gasteiger partial charge in [-0.1, -0.05) is 54.7 Å². The number of aromatic nitrogens is 1. The molecule has 2 amide bonds. The van der Waals surface area contributed by atoms with Crippen LogP contribution in [-0.2, 0) is 11.3 Å². The second-order valence-electron chi connectivity index (χ2n) is 10.3. The SMILES string of the molecule is CCCCOc1ccc(C(=O)N/C(=C\c2cccc(Cl)c2Cl)C(=O)N2C[C@H]3C[C@@H](C2)c2cccc(=O)n2C3)cc1. The molecule has 2 bridgehead atoms. The summed E-state index contributed by atoms with van der Waals surface area (Å²) in [6.45, 7) is 4.19. The number of piperidine rings is 1. The minimum absolute atomic E-state index is 0.0165. The summed E-state index contributed by atoms with van der Waals surface area (Å²) in [6.07, 6.45) is 4.46. The van der Waals surface area contributed by atoms with Gasteiger partial charge in [-0.05, 0) is 66.8 Å². The maximum absolute atomic E-state index is 14.0. The zero-order chi connectivity index (χ0) is 28.2. The van der Waals surface area contributed by atoms with Crippen LogP contribution in [0.4, 0.5) is 0 Å². The summed E-state index contributed by atoms with van der Waals surface area (Å²) in [4.78, 5) is 41.4. The van der Waals surface area contributed by atoms with Crippen LogP contribution in [0.2, 0.25) is 10.0 Å². The molecule has 2 aromatic carbocycles. The molecule has 0 saturated carbocycles. The number of amides is 2. The lowest BCUT2D eigenvalue weighted by Gasteiger charge is -2.43. The third-order valence-corrected chi connectivity index (χ3v) is 8.24. The Kier molecular flexibility index (Phi) is 8.62. The maximum atomic E-state index is 14.0. The highest BCUT2D eigenvalue weighted by Crippen LogP contribution is 2.35. The molecule has 1 fully saturated rings. The monoisotopic (exact) mass is 579 g/mol. The summed E-state index contributed by atoms with van der Waals surface area (Å²) in [7, 11) is 0. The van der Waals surface area contributed by atoms with Crippen LogP contribution in [-0.4, -0.2) is 41.0 Å². The minimum Gasteiger partial charge on any atom is -0.494 e. The Balaban J connectivity index is 1.40. The van der Waals surface area contributed by atoms with E-state index in [2.05, 4.69) is 12.2 Å². The fraction of sp³-hybridized carbons (Fsp3) is 0.323. The van der Waals surface area contributed by atoms with Crippen molar-refractivity contribution in [2.24, 2.45) is 5.92 Å². The number of hydrogen-bond donors (Lipinski definition) is 1. The van der Waals surface area contributed by atoms with E-state index in [1.54, 1.807) is 65.6 Å². The summed E-state index contributed by atoms with van der Waals surface area (Å²) in [5.41, 5.74) is 1.93. The van der Waals surface area contributed by atoms with Crippen molar-refractivity contribution >= 4 is 41.1 Å². The van der Waals surface area contributed by atoms with Gasteiger partial charge in [-0.25, -0.2) is 0 Å². The quantitative estimate of drug-likeness (QED) is 0.272. The van der Waals surface area contributed by atoms with Crippen LogP contribution in [0, 0.1) is 5.92 Å². The molecule has 2 aliphatic heterocycles. The Hall–Kier alpha value is -3.55. The van der Waals surface area contributed by atoms with E-state index >= 15 is 0 Å². The zero-order valence-corrected chi connectivity index (χ0v) is 23.8. The van der Waals surface area contributed by atoms with Gasteiger partial charge < -0.3 is 19.5 Å². The van der Waals surface area contributed by atoms with Crippen LogP contribution in [0.5, 0.6) is 5.75 Å². The van der Waals surface area contributed by atoms with Crippen LogP contribution < -0.4 is 15.6 Å². The standard InChI is InChI=1S/C31H31Cl2N3O4/c1-2-3-14-40-24-12-10-21(11-13-24)30(38)34-26(16-22-6-4-7-25(32)29(22)33)31(39)35-17-20-15-23(19-35)27-8-5-9-28(37)36(27)18-20/h4-13,16,20,23H,2-3,14-15,17-19H2,1H3,(H,34,38)/b26-16-/t20-,23+/m1/s1.